The van der Waals surface area contributed by atoms with Gasteiger partial charge in [-0.05, 0) is 43.9 Å². The summed E-state index contributed by atoms with van der Waals surface area (Å²) >= 11 is 0. The van der Waals surface area contributed by atoms with Crippen molar-refractivity contribution in [3.8, 4) is 0 Å². The lowest BCUT2D eigenvalue weighted by Crippen LogP contribution is -2.27. The minimum absolute atomic E-state index is 0.0498. The summed E-state index contributed by atoms with van der Waals surface area (Å²) in [7, 11) is 1.66. The highest BCUT2D eigenvalue weighted by Gasteiger charge is 2.38. The molecule has 2 aliphatic rings. The van der Waals surface area contributed by atoms with E-state index in [0.29, 0.717) is 18.8 Å². The van der Waals surface area contributed by atoms with E-state index in [-0.39, 0.29) is 6.10 Å². The lowest BCUT2D eigenvalue weighted by Gasteiger charge is -2.31. The second-order valence-corrected chi connectivity index (χ2v) is 4.65. The predicted molar refractivity (Wildman–Crippen MR) is 52.8 cm³/mol. The molecule has 0 heterocycles. The van der Waals surface area contributed by atoms with Gasteiger partial charge in [0.2, 0.25) is 0 Å². The molecule has 0 bridgehead atoms. The summed E-state index contributed by atoms with van der Waals surface area (Å²) in [4.78, 5) is 0. The van der Waals surface area contributed by atoms with Gasteiger partial charge in [0.25, 0.3) is 0 Å². The van der Waals surface area contributed by atoms with Gasteiger partial charge in [0.15, 0.2) is 0 Å². The summed E-state index contributed by atoms with van der Waals surface area (Å²) < 4.78 is 10.5. The summed E-state index contributed by atoms with van der Waals surface area (Å²) in [6.07, 6.45) is 5.78. The third-order valence-corrected chi connectivity index (χ3v) is 3.66. The third-order valence-electron chi connectivity index (χ3n) is 3.66. The summed E-state index contributed by atoms with van der Waals surface area (Å²) in [5, 5.41) is 9.56. The molecular weight excluding hydrogens is 180 g/mol. The molecule has 0 aromatic carbocycles. The van der Waals surface area contributed by atoms with E-state index in [2.05, 4.69) is 0 Å². The van der Waals surface area contributed by atoms with Crippen molar-refractivity contribution in [3.05, 3.63) is 0 Å². The van der Waals surface area contributed by atoms with E-state index in [9.17, 15) is 5.11 Å². The van der Waals surface area contributed by atoms with E-state index >= 15 is 0 Å². The number of hydrogen-bond donors (Lipinski definition) is 1. The monoisotopic (exact) mass is 200 g/mol. The molecule has 0 aromatic rings. The smallest absolute Gasteiger partial charge is 0.146 e. The Hall–Kier alpha value is -0.120. The fourth-order valence-corrected chi connectivity index (χ4v) is 2.99. The first-order chi connectivity index (χ1) is 6.79. The number of methoxy groups -OCH3 is 1. The molecule has 3 heteroatoms. The van der Waals surface area contributed by atoms with E-state index in [0.717, 1.165) is 31.6 Å². The van der Waals surface area contributed by atoms with Crippen LogP contribution in [0, 0.1) is 11.8 Å². The topological polar surface area (TPSA) is 38.7 Å². The lowest BCUT2D eigenvalue weighted by atomic mass is 9.80. The Bertz CT molecular complexity index is 183. The van der Waals surface area contributed by atoms with Crippen LogP contribution in [0.3, 0.4) is 0 Å². The molecular formula is C11H20O3. The quantitative estimate of drug-likeness (QED) is 0.702. The van der Waals surface area contributed by atoms with Crippen LogP contribution in [0.25, 0.3) is 0 Å². The Labute approximate surface area is 85.4 Å². The summed E-state index contributed by atoms with van der Waals surface area (Å²) in [6, 6.07) is 0. The van der Waals surface area contributed by atoms with Gasteiger partial charge in [-0.25, -0.2) is 0 Å². The van der Waals surface area contributed by atoms with Crippen molar-refractivity contribution in [1.29, 1.82) is 0 Å². The molecule has 1 N–H and O–H groups in total. The second-order valence-electron chi connectivity index (χ2n) is 4.65. The van der Waals surface area contributed by atoms with Crippen molar-refractivity contribution in [2.75, 3.05) is 13.9 Å². The maximum atomic E-state index is 9.56. The molecule has 82 valence electrons. The minimum atomic E-state index is -0.0498. The first-order valence-corrected chi connectivity index (χ1v) is 5.58. The van der Waals surface area contributed by atoms with E-state index in [1.54, 1.807) is 7.11 Å². The van der Waals surface area contributed by atoms with Crippen LogP contribution >= 0.6 is 0 Å². The molecule has 0 saturated heterocycles. The van der Waals surface area contributed by atoms with Crippen LogP contribution in [0.5, 0.6) is 0 Å². The van der Waals surface area contributed by atoms with Crippen molar-refractivity contribution >= 4 is 0 Å². The fourth-order valence-electron chi connectivity index (χ4n) is 2.99. The van der Waals surface area contributed by atoms with Crippen LogP contribution in [-0.4, -0.2) is 31.2 Å². The SMILES string of the molecule is COCOC1CCC2CC(O)C[C@H]2C1. The van der Waals surface area contributed by atoms with Crippen LogP contribution in [-0.2, 0) is 9.47 Å². The Balaban J connectivity index is 1.79. The summed E-state index contributed by atoms with van der Waals surface area (Å²) in [5.41, 5.74) is 0. The van der Waals surface area contributed by atoms with E-state index in [1.807, 2.05) is 0 Å². The number of fused-ring (bicyclic) bond motifs is 1. The molecule has 2 aliphatic carbocycles. The van der Waals surface area contributed by atoms with Gasteiger partial charge in [0.1, 0.15) is 6.79 Å². The number of hydrogen-bond acceptors (Lipinski definition) is 3. The molecule has 4 atom stereocenters. The Kier molecular flexibility index (Phi) is 3.42. The Morgan fingerprint density at radius 2 is 1.93 bits per heavy atom. The first-order valence-electron chi connectivity index (χ1n) is 5.58. The maximum Gasteiger partial charge on any atom is 0.146 e. The highest BCUT2D eigenvalue weighted by atomic mass is 16.7. The van der Waals surface area contributed by atoms with Crippen molar-refractivity contribution in [2.24, 2.45) is 11.8 Å². The fraction of sp³-hybridized carbons (Fsp3) is 1.00. The predicted octanol–water partition coefficient (Wildman–Crippen LogP) is 1.55. The summed E-state index contributed by atoms with van der Waals surface area (Å²) in [5.74, 6) is 1.45. The molecule has 3 unspecified atom stereocenters. The van der Waals surface area contributed by atoms with Crippen LogP contribution in [0.1, 0.15) is 32.1 Å². The van der Waals surface area contributed by atoms with Gasteiger partial charge >= 0.3 is 0 Å². The third kappa shape index (κ3) is 2.27. The van der Waals surface area contributed by atoms with E-state index in [4.69, 9.17) is 9.47 Å². The van der Waals surface area contributed by atoms with E-state index in [1.165, 1.54) is 6.42 Å². The lowest BCUT2D eigenvalue weighted by molar-refractivity contribution is -0.0922. The van der Waals surface area contributed by atoms with Gasteiger partial charge in [-0.15, -0.1) is 0 Å². The number of rotatable bonds is 3. The molecule has 0 aliphatic heterocycles. The van der Waals surface area contributed by atoms with Gasteiger partial charge in [0.05, 0.1) is 12.2 Å². The number of aliphatic hydroxyl groups excluding tert-OH is 1. The Morgan fingerprint density at radius 1 is 1.14 bits per heavy atom. The highest BCUT2D eigenvalue weighted by molar-refractivity contribution is 4.89. The molecule has 2 rings (SSSR count). The molecule has 14 heavy (non-hydrogen) atoms. The molecule has 3 nitrogen and oxygen atoms in total. The normalized spacial score (nSPS) is 42.4. The summed E-state index contributed by atoms with van der Waals surface area (Å²) in [6.45, 7) is 0.407. The first kappa shape index (κ1) is 10.4. The highest BCUT2D eigenvalue weighted by Crippen LogP contribution is 2.42. The van der Waals surface area contributed by atoms with Crippen molar-refractivity contribution < 1.29 is 14.6 Å². The van der Waals surface area contributed by atoms with Gasteiger partial charge < -0.3 is 14.6 Å². The molecule has 0 aromatic heterocycles. The van der Waals surface area contributed by atoms with Crippen LogP contribution in [0.15, 0.2) is 0 Å². The molecule has 2 saturated carbocycles. The number of aliphatic hydroxyl groups is 1. The van der Waals surface area contributed by atoms with Crippen molar-refractivity contribution in [1.82, 2.24) is 0 Å². The van der Waals surface area contributed by atoms with Crippen molar-refractivity contribution in [3.63, 3.8) is 0 Å². The molecule has 0 amide bonds. The zero-order chi connectivity index (χ0) is 9.97. The van der Waals surface area contributed by atoms with Crippen LogP contribution < -0.4 is 0 Å². The molecule has 0 radical (unpaired) electrons. The van der Waals surface area contributed by atoms with Gasteiger partial charge in [-0.1, -0.05) is 0 Å². The van der Waals surface area contributed by atoms with Gasteiger partial charge in [-0.3, -0.25) is 0 Å². The zero-order valence-corrected chi connectivity index (χ0v) is 8.82. The zero-order valence-electron chi connectivity index (χ0n) is 8.82. The average Bonchev–Trinajstić information content (AvgIpc) is 2.54. The van der Waals surface area contributed by atoms with Gasteiger partial charge in [0, 0.05) is 7.11 Å². The molecule has 0 spiro atoms. The van der Waals surface area contributed by atoms with Crippen LogP contribution in [0.2, 0.25) is 0 Å². The van der Waals surface area contributed by atoms with Gasteiger partial charge in [-0.2, -0.15) is 0 Å². The number of ether oxygens (including phenoxy) is 2. The van der Waals surface area contributed by atoms with E-state index < -0.39 is 0 Å². The second kappa shape index (κ2) is 4.60. The molecule has 2 fully saturated rings. The largest absolute Gasteiger partial charge is 0.393 e. The van der Waals surface area contributed by atoms with Crippen LogP contribution in [0.4, 0.5) is 0 Å². The average molecular weight is 200 g/mol. The Morgan fingerprint density at radius 3 is 2.71 bits per heavy atom. The van der Waals surface area contributed by atoms with Crippen molar-refractivity contribution in [2.45, 2.75) is 44.3 Å². The maximum absolute atomic E-state index is 9.56. The standard InChI is InChI=1S/C11H20O3/c1-13-7-14-11-3-2-8-4-10(12)5-9(8)6-11/h8-12H,2-7H2,1H3/t8?,9-,10?,11?/m0/s1. The minimum Gasteiger partial charge on any atom is -0.393 e.